The van der Waals surface area contributed by atoms with Crippen LogP contribution < -0.4 is 14.8 Å². The van der Waals surface area contributed by atoms with E-state index in [9.17, 15) is 14.9 Å². The molecule has 29 heavy (non-hydrogen) atoms. The molecule has 0 fully saturated rings. The van der Waals surface area contributed by atoms with Crippen LogP contribution in [-0.2, 0) is 20.7 Å². The number of amides is 1. The highest BCUT2D eigenvalue weighted by atomic mass is 32.1. The number of carbonyl (C=O) groups excluding carboxylic acids is 2. The number of esters is 1. The van der Waals surface area contributed by atoms with Crippen molar-refractivity contribution < 1.29 is 23.8 Å². The van der Waals surface area contributed by atoms with Gasteiger partial charge in [-0.2, -0.15) is 5.26 Å². The van der Waals surface area contributed by atoms with Gasteiger partial charge in [-0.15, -0.1) is 11.3 Å². The Balaban J connectivity index is 2.12. The minimum Gasteiger partial charge on any atom is -0.493 e. The van der Waals surface area contributed by atoms with E-state index in [2.05, 4.69) is 10.3 Å². The van der Waals surface area contributed by atoms with Crippen LogP contribution in [0.2, 0.25) is 0 Å². The Kier molecular flexibility index (Phi) is 8.18. The number of methoxy groups -OCH3 is 1. The summed E-state index contributed by atoms with van der Waals surface area (Å²) in [6, 6.07) is 6.99. The summed E-state index contributed by atoms with van der Waals surface area (Å²) in [5.41, 5.74) is 1.000. The first-order valence-electron chi connectivity index (χ1n) is 8.84. The summed E-state index contributed by atoms with van der Waals surface area (Å²) >= 11 is 1.16. The Labute approximate surface area is 172 Å². The lowest BCUT2D eigenvalue weighted by Gasteiger charge is -2.09. The van der Waals surface area contributed by atoms with Crippen molar-refractivity contribution in [3.05, 3.63) is 40.4 Å². The zero-order chi connectivity index (χ0) is 21.2. The Hall–Kier alpha value is -3.38. The predicted octanol–water partition coefficient (Wildman–Crippen LogP) is 3.20. The fourth-order valence-corrected chi connectivity index (χ4v) is 3.04. The highest BCUT2D eigenvalue weighted by Gasteiger charge is 2.14. The fourth-order valence-electron chi connectivity index (χ4n) is 2.33. The number of anilines is 1. The van der Waals surface area contributed by atoms with Gasteiger partial charge in [0.15, 0.2) is 16.6 Å². The van der Waals surface area contributed by atoms with Gasteiger partial charge in [-0.3, -0.25) is 14.9 Å². The molecule has 1 aromatic heterocycles. The maximum absolute atomic E-state index is 12.4. The molecule has 1 N–H and O–H groups in total. The second-order valence-electron chi connectivity index (χ2n) is 5.59. The van der Waals surface area contributed by atoms with Gasteiger partial charge < -0.3 is 14.2 Å². The van der Waals surface area contributed by atoms with Crippen molar-refractivity contribution in [2.24, 2.45) is 0 Å². The Morgan fingerprint density at radius 3 is 2.72 bits per heavy atom. The monoisotopic (exact) mass is 415 g/mol. The lowest BCUT2D eigenvalue weighted by atomic mass is 10.1. The molecule has 0 spiro atoms. The fraction of sp³-hybridized carbons (Fsp3) is 0.300. The number of ether oxygens (including phenoxy) is 3. The van der Waals surface area contributed by atoms with E-state index in [0.717, 1.165) is 11.3 Å². The third-order valence-electron chi connectivity index (χ3n) is 3.57. The molecule has 0 aliphatic carbocycles. The second-order valence-corrected chi connectivity index (χ2v) is 6.45. The smallest absolute Gasteiger partial charge is 0.311 e. The summed E-state index contributed by atoms with van der Waals surface area (Å²) in [7, 11) is 1.51. The largest absolute Gasteiger partial charge is 0.493 e. The van der Waals surface area contributed by atoms with Crippen LogP contribution >= 0.6 is 11.3 Å². The molecule has 9 heteroatoms. The molecule has 152 valence electrons. The molecule has 0 atom stereocenters. The third kappa shape index (κ3) is 6.33. The Morgan fingerprint density at radius 1 is 1.28 bits per heavy atom. The van der Waals surface area contributed by atoms with Gasteiger partial charge >= 0.3 is 5.97 Å². The first-order valence-corrected chi connectivity index (χ1v) is 9.72. The van der Waals surface area contributed by atoms with Gasteiger partial charge in [-0.05, 0) is 37.6 Å². The van der Waals surface area contributed by atoms with E-state index < -0.39 is 11.9 Å². The van der Waals surface area contributed by atoms with Gasteiger partial charge in [-0.1, -0.05) is 6.07 Å². The van der Waals surface area contributed by atoms with Crippen LogP contribution in [-0.4, -0.2) is 37.2 Å². The van der Waals surface area contributed by atoms with E-state index in [1.54, 1.807) is 30.5 Å². The number of nitrogens with zero attached hydrogens (tertiary/aromatic N) is 2. The average molecular weight is 415 g/mol. The molecule has 0 aliphatic rings. The quantitative estimate of drug-likeness (QED) is 0.380. The number of rotatable bonds is 9. The zero-order valence-corrected chi connectivity index (χ0v) is 17.2. The number of hydrogen-bond donors (Lipinski definition) is 1. The van der Waals surface area contributed by atoms with Crippen molar-refractivity contribution >= 4 is 34.4 Å². The summed E-state index contributed by atoms with van der Waals surface area (Å²) in [6.45, 7) is 4.37. The number of benzene rings is 1. The SMILES string of the molecule is CCOC(=O)Cc1csc(NC(=O)/C(C#N)=C\c2ccc(OCC)c(OC)c2)n1. The first-order chi connectivity index (χ1) is 14.0. The predicted molar refractivity (Wildman–Crippen MR) is 109 cm³/mol. The maximum Gasteiger partial charge on any atom is 0.311 e. The molecule has 1 aromatic carbocycles. The summed E-state index contributed by atoms with van der Waals surface area (Å²) in [6.07, 6.45) is 1.47. The van der Waals surface area contributed by atoms with Crippen molar-refractivity contribution in [3.63, 3.8) is 0 Å². The second kappa shape index (κ2) is 10.8. The lowest BCUT2D eigenvalue weighted by molar-refractivity contribution is -0.142. The normalized spacial score (nSPS) is 10.8. The molecule has 2 aromatic rings. The van der Waals surface area contributed by atoms with Crippen LogP contribution in [0.5, 0.6) is 11.5 Å². The molecule has 1 amide bonds. The molecular formula is C20H21N3O5S. The van der Waals surface area contributed by atoms with E-state index in [1.165, 1.54) is 13.2 Å². The zero-order valence-electron chi connectivity index (χ0n) is 16.4. The van der Waals surface area contributed by atoms with Gasteiger partial charge in [0.1, 0.15) is 11.6 Å². The van der Waals surface area contributed by atoms with Crippen molar-refractivity contribution in [1.82, 2.24) is 4.98 Å². The lowest BCUT2D eigenvalue weighted by Crippen LogP contribution is -2.13. The number of aromatic nitrogens is 1. The Morgan fingerprint density at radius 2 is 2.07 bits per heavy atom. The maximum atomic E-state index is 12.4. The van der Waals surface area contributed by atoms with E-state index in [4.69, 9.17) is 14.2 Å². The standard InChI is InChI=1S/C20H21N3O5S/c1-4-27-16-7-6-13(9-17(16)26-3)8-14(11-21)19(25)23-20-22-15(12-29-20)10-18(24)28-5-2/h6-9,12H,4-5,10H2,1-3H3,(H,22,23,25)/b14-8-. The highest BCUT2D eigenvalue weighted by Crippen LogP contribution is 2.29. The molecular weight excluding hydrogens is 394 g/mol. The van der Waals surface area contributed by atoms with E-state index >= 15 is 0 Å². The number of hydrogen-bond acceptors (Lipinski definition) is 8. The molecule has 8 nitrogen and oxygen atoms in total. The average Bonchev–Trinajstić information content (AvgIpc) is 3.13. The summed E-state index contributed by atoms with van der Waals surface area (Å²) < 4.78 is 15.6. The molecule has 0 radical (unpaired) electrons. The van der Waals surface area contributed by atoms with Crippen LogP contribution in [0.25, 0.3) is 6.08 Å². The minimum atomic E-state index is -0.600. The van der Waals surface area contributed by atoms with E-state index in [1.807, 2.05) is 13.0 Å². The minimum absolute atomic E-state index is 0.0210. The number of carbonyl (C=O) groups is 2. The van der Waals surface area contributed by atoms with E-state index in [-0.39, 0.29) is 12.0 Å². The van der Waals surface area contributed by atoms with Gasteiger partial charge in [0.05, 0.1) is 32.4 Å². The molecule has 2 rings (SSSR count). The van der Waals surface area contributed by atoms with Crippen molar-refractivity contribution in [3.8, 4) is 17.6 Å². The van der Waals surface area contributed by atoms with Crippen LogP contribution in [0.3, 0.4) is 0 Å². The molecule has 0 saturated heterocycles. The van der Waals surface area contributed by atoms with Crippen LogP contribution in [0.15, 0.2) is 29.2 Å². The van der Waals surface area contributed by atoms with Crippen molar-refractivity contribution in [1.29, 1.82) is 5.26 Å². The van der Waals surface area contributed by atoms with E-state index in [0.29, 0.717) is 41.1 Å². The number of thiazole rings is 1. The molecule has 0 bridgehead atoms. The molecule has 0 unspecified atom stereocenters. The Bertz CT molecular complexity index is 946. The van der Waals surface area contributed by atoms with Gasteiger partial charge in [0.25, 0.3) is 5.91 Å². The highest BCUT2D eigenvalue weighted by molar-refractivity contribution is 7.14. The summed E-state index contributed by atoms with van der Waals surface area (Å²) in [4.78, 5) is 28.1. The molecule has 1 heterocycles. The summed E-state index contributed by atoms with van der Waals surface area (Å²) in [5.74, 6) is 0.0870. The number of nitriles is 1. The van der Waals surface area contributed by atoms with Gasteiger partial charge in [0, 0.05) is 5.38 Å². The summed E-state index contributed by atoms with van der Waals surface area (Å²) in [5, 5.41) is 13.9. The van der Waals surface area contributed by atoms with Gasteiger partial charge in [-0.25, -0.2) is 4.98 Å². The van der Waals surface area contributed by atoms with Crippen LogP contribution in [0.4, 0.5) is 5.13 Å². The third-order valence-corrected chi connectivity index (χ3v) is 4.37. The van der Waals surface area contributed by atoms with Gasteiger partial charge in [0.2, 0.25) is 0 Å². The molecule has 0 aliphatic heterocycles. The van der Waals surface area contributed by atoms with Crippen molar-refractivity contribution in [2.75, 3.05) is 25.6 Å². The topological polar surface area (TPSA) is 111 Å². The first kappa shape index (κ1) is 21.9. The van der Waals surface area contributed by atoms with Crippen molar-refractivity contribution in [2.45, 2.75) is 20.3 Å². The van der Waals surface area contributed by atoms with Crippen LogP contribution in [0, 0.1) is 11.3 Å². The van der Waals surface area contributed by atoms with Crippen LogP contribution in [0.1, 0.15) is 25.1 Å². The molecule has 0 saturated carbocycles. The number of nitrogens with one attached hydrogen (secondary N) is 1.